The number of ether oxygens (including phenoxy) is 1. The van der Waals surface area contributed by atoms with Crippen LogP contribution in [0, 0.1) is 17.6 Å². The van der Waals surface area contributed by atoms with Gasteiger partial charge in [-0.3, -0.25) is 4.79 Å². The van der Waals surface area contributed by atoms with Gasteiger partial charge in [0.05, 0.1) is 6.61 Å². The van der Waals surface area contributed by atoms with Gasteiger partial charge in [-0.1, -0.05) is 0 Å². The number of carbonyl (C=O) groups excluding carboxylic acids is 1. The number of anilines is 1. The van der Waals surface area contributed by atoms with Gasteiger partial charge in [0.2, 0.25) is 0 Å². The van der Waals surface area contributed by atoms with Crippen molar-refractivity contribution in [3.05, 3.63) is 29.3 Å². The highest BCUT2D eigenvalue weighted by Gasteiger charge is 2.27. The van der Waals surface area contributed by atoms with Crippen LogP contribution in [0.3, 0.4) is 0 Å². The second kappa shape index (κ2) is 5.52. The van der Waals surface area contributed by atoms with Gasteiger partial charge in [0.1, 0.15) is 17.3 Å². The standard InChI is InChI=1S/C13H16F2N2O2/c1-19-7-8-2-3-17(6-8)13(18)9-4-10(14)12(16)11(15)5-9/h4-5,8H,2-3,6-7,16H2,1H3. The van der Waals surface area contributed by atoms with Crippen LogP contribution in [0.15, 0.2) is 12.1 Å². The Labute approximate surface area is 110 Å². The van der Waals surface area contributed by atoms with Crippen molar-refractivity contribution < 1.29 is 18.3 Å². The van der Waals surface area contributed by atoms with Gasteiger partial charge in [0, 0.05) is 31.7 Å². The Morgan fingerprint density at radius 3 is 2.68 bits per heavy atom. The molecule has 1 aliphatic heterocycles. The first-order chi connectivity index (χ1) is 9.02. The van der Waals surface area contributed by atoms with Gasteiger partial charge in [0.15, 0.2) is 0 Å². The highest BCUT2D eigenvalue weighted by atomic mass is 19.1. The molecule has 0 radical (unpaired) electrons. The molecule has 1 aromatic rings. The molecule has 0 aromatic heterocycles. The molecule has 1 saturated heterocycles. The number of nitrogen functional groups attached to an aromatic ring is 1. The molecule has 6 heteroatoms. The molecule has 1 amide bonds. The molecule has 0 aliphatic carbocycles. The van der Waals surface area contributed by atoms with Crippen molar-refractivity contribution in [3.63, 3.8) is 0 Å². The molecule has 4 nitrogen and oxygen atoms in total. The van der Waals surface area contributed by atoms with E-state index >= 15 is 0 Å². The van der Waals surface area contributed by atoms with Crippen LogP contribution >= 0.6 is 0 Å². The lowest BCUT2D eigenvalue weighted by Gasteiger charge is -2.17. The third-order valence-electron chi connectivity index (χ3n) is 3.30. The van der Waals surface area contributed by atoms with Crippen molar-refractivity contribution in [1.29, 1.82) is 0 Å². The molecule has 2 rings (SSSR count). The van der Waals surface area contributed by atoms with Crippen LogP contribution in [0.1, 0.15) is 16.8 Å². The Balaban J connectivity index is 2.13. The van der Waals surface area contributed by atoms with Gasteiger partial charge in [-0.2, -0.15) is 0 Å². The van der Waals surface area contributed by atoms with Crippen molar-refractivity contribution in [2.75, 3.05) is 32.5 Å². The van der Waals surface area contributed by atoms with Crippen molar-refractivity contribution in [2.45, 2.75) is 6.42 Å². The first kappa shape index (κ1) is 13.7. The Bertz CT molecular complexity index is 471. The molecular weight excluding hydrogens is 254 g/mol. The van der Waals surface area contributed by atoms with Gasteiger partial charge in [0.25, 0.3) is 5.91 Å². The fourth-order valence-corrected chi connectivity index (χ4v) is 2.28. The number of hydrogen-bond acceptors (Lipinski definition) is 3. The molecule has 1 aromatic carbocycles. The second-order valence-electron chi connectivity index (χ2n) is 4.71. The van der Waals surface area contributed by atoms with Crippen LogP contribution in [0.2, 0.25) is 0 Å². The molecule has 19 heavy (non-hydrogen) atoms. The first-order valence-electron chi connectivity index (χ1n) is 6.05. The number of likely N-dealkylation sites (tertiary alicyclic amines) is 1. The van der Waals surface area contributed by atoms with Gasteiger partial charge in [-0.15, -0.1) is 0 Å². The topological polar surface area (TPSA) is 55.6 Å². The summed E-state index contributed by atoms with van der Waals surface area (Å²) in [6.07, 6.45) is 0.833. The SMILES string of the molecule is COCC1CCN(C(=O)c2cc(F)c(N)c(F)c2)C1. The van der Waals surface area contributed by atoms with E-state index in [2.05, 4.69) is 0 Å². The van der Waals surface area contributed by atoms with Crippen LogP contribution in [-0.4, -0.2) is 37.6 Å². The minimum atomic E-state index is -0.906. The van der Waals surface area contributed by atoms with E-state index in [0.29, 0.717) is 19.7 Å². The summed E-state index contributed by atoms with van der Waals surface area (Å²) in [6.45, 7) is 1.69. The van der Waals surface area contributed by atoms with Crippen molar-refractivity contribution in [2.24, 2.45) is 5.92 Å². The van der Waals surface area contributed by atoms with Crippen LogP contribution in [0.5, 0.6) is 0 Å². The van der Waals surface area contributed by atoms with Gasteiger partial charge in [-0.05, 0) is 18.6 Å². The Morgan fingerprint density at radius 1 is 1.47 bits per heavy atom. The number of halogens is 2. The monoisotopic (exact) mass is 270 g/mol. The predicted octanol–water partition coefficient (Wildman–Crippen LogP) is 1.66. The van der Waals surface area contributed by atoms with Gasteiger partial charge in [-0.25, -0.2) is 8.78 Å². The number of carbonyl (C=O) groups is 1. The summed E-state index contributed by atoms with van der Waals surface area (Å²) in [5, 5.41) is 0. The van der Waals surface area contributed by atoms with Gasteiger partial charge >= 0.3 is 0 Å². The van der Waals surface area contributed by atoms with E-state index < -0.39 is 17.3 Å². The number of benzene rings is 1. The lowest BCUT2D eigenvalue weighted by atomic mass is 10.1. The van der Waals surface area contributed by atoms with E-state index in [4.69, 9.17) is 10.5 Å². The molecule has 2 N–H and O–H groups in total. The van der Waals surface area contributed by atoms with Crippen LogP contribution in [0.4, 0.5) is 14.5 Å². The van der Waals surface area contributed by atoms with E-state index in [9.17, 15) is 13.6 Å². The maximum Gasteiger partial charge on any atom is 0.254 e. The number of hydrogen-bond donors (Lipinski definition) is 1. The fraction of sp³-hybridized carbons (Fsp3) is 0.462. The number of amides is 1. The van der Waals surface area contributed by atoms with Crippen LogP contribution in [0.25, 0.3) is 0 Å². The van der Waals surface area contributed by atoms with E-state index in [-0.39, 0.29) is 17.4 Å². The predicted molar refractivity (Wildman–Crippen MR) is 66.7 cm³/mol. The number of nitrogens with zero attached hydrogens (tertiary/aromatic N) is 1. The number of nitrogens with two attached hydrogens (primary N) is 1. The molecule has 104 valence electrons. The maximum absolute atomic E-state index is 13.3. The number of methoxy groups -OCH3 is 1. The van der Waals surface area contributed by atoms with E-state index in [1.54, 1.807) is 12.0 Å². The zero-order valence-electron chi connectivity index (χ0n) is 10.7. The quantitative estimate of drug-likeness (QED) is 0.850. The fourth-order valence-electron chi connectivity index (χ4n) is 2.28. The Kier molecular flexibility index (Phi) is 3.99. The normalized spacial score (nSPS) is 18.9. The van der Waals surface area contributed by atoms with E-state index in [0.717, 1.165) is 18.6 Å². The molecule has 0 spiro atoms. The molecule has 0 saturated carbocycles. The lowest BCUT2D eigenvalue weighted by molar-refractivity contribution is 0.0774. The highest BCUT2D eigenvalue weighted by molar-refractivity contribution is 5.94. The average Bonchev–Trinajstić information content (AvgIpc) is 2.83. The molecule has 0 bridgehead atoms. The summed E-state index contributed by atoms with van der Waals surface area (Å²) in [7, 11) is 1.61. The molecular formula is C13H16F2N2O2. The van der Waals surface area contributed by atoms with Gasteiger partial charge < -0.3 is 15.4 Å². The van der Waals surface area contributed by atoms with Crippen LogP contribution in [-0.2, 0) is 4.74 Å². The zero-order chi connectivity index (χ0) is 14.0. The minimum absolute atomic E-state index is 0.0118. The van der Waals surface area contributed by atoms with Crippen molar-refractivity contribution in [3.8, 4) is 0 Å². The molecule has 1 aliphatic rings. The van der Waals surface area contributed by atoms with Crippen molar-refractivity contribution >= 4 is 11.6 Å². The Morgan fingerprint density at radius 2 is 2.11 bits per heavy atom. The third-order valence-corrected chi connectivity index (χ3v) is 3.30. The minimum Gasteiger partial charge on any atom is -0.394 e. The van der Waals surface area contributed by atoms with E-state index in [1.807, 2.05) is 0 Å². The Hall–Kier alpha value is -1.69. The highest BCUT2D eigenvalue weighted by Crippen LogP contribution is 2.22. The summed E-state index contributed by atoms with van der Waals surface area (Å²) in [4.78, 5) is 13.7. The number of rotatable bonds is 3. The lowest BCUT2D eigenvalue weighted by Crippen LogP contribution is -2.29. The molecule has 1 heterocycles. The van der Waals surface area contributed by atoms with Crippen LogP contribution < -0.4 is 5.73 Å². The summed E-state index contributed by atoms with van der Waals surface area (Å²) in [6, 6.07) is 1.95. The summed E-state index contributed by atoms with van der Waals surface area (Å²) in [5.41, 5.74) is 4.60. The molecule has 1 fully saturated rings. The third kappa shape index (κ3) is 2.84. The summed E-state index contributed by atoms with van der Waals surface area (Å²) in [5.74, 6) is -1.92. The van der Waals surface area contributed by atoms with Crippen molar-refractivity contribution in [1.82, 2.24) is 4.90 Å². The summed E-state index contributed by atoms with van der Waals surface area (Å²) < 4.78 is 31.7. The smallest absolute Gasteiger partial charge is 0.254 e. The van der Waals surface area contributed by atoms with E-state index in [1.165, 1.54) is 0 Å². The molecule has 1 unspecified atom stereocenters. The molecule has 1 atom stereocenters. The largest absolute Gasteiger partial charge is 0.394 e. The first-order valence-corrected chi connectivity index (χ1v) is 6.05. The zero-order valence-corrected chi connectivity index (χ0v) is 10.7. The summed E-state index contributed by atoms with van der Waals surface area (Å²) >= 11 is 0. The maximum atomic E-state index is 13.3. The average molecular weight is 270 g/mol. The second-order valence-corrected chi connectivity index (χ2v) is 4.71.